The topological polar surface area (TPSA) is 67.7 Å². The third-order valence-corrected chi connectivity index (χ3v) is 7.72. The van der Waals surface area contributed by atoms with E-state index in [1.54, 1.807) is 11.1 Å². The second-order valence-electron chi connectivity index (χ2n) is 11.6. The predicted molar refractivity (Wildman–Crippen MR) is 148 cm³/mol. The Morgan fingerprint density at radius 3 is 2.32 bits per heavy atom. The van der Waals surface area contributed by atoms with Crippen LogP contribution in [0.1, 0.15) is 77.8 Å². The van der Waals surface area contributed by atoms with Gasteiger partial charge in [-0.1, -0.05) is 30.3 Å². The van der Waals surface area contributed by atoms with E-state index in [4.69, 9.17) is 9.84 Å². The average Bonchev–Trinajstić information content (AvgIpc) is 3.34. The summed E-state index contributed by atoms with van der Waals surface area (Å²) < 4.78 is 7.55. The van der Waals surface area contributed by atoms with E-state index in [0.29, 0.717) is 31.7 Å². The lowest BCUT2D eigenvalue weighted by atomic mass is 9.90. The summed E-state index contributed by atoms with van der Waals surface area (Å²) in [6.45, 7) is 12.3. The van der Waals surface area contributed by atoms with Gasteiger partial charge in [-0.3, -0.25) is 4.79 Å². The Morgan fingerprint density at radius 2 is 1.63 bits per heavy atom. The van der Waals surface area contributed by atoms with Gasteiger partial charge in [0.2, 0.25) is 0 Å². The number of nitrogens with zero attached hydrogens (tertiary/aromatic N) is 4. The lowest BCUT2D eigenvalue weighted by molar-refractivity contribution is 0.0203. The highest BCUT2D eigenvalue weighted by Gasteiger charge is 2.34. The zero-order chi connectivity index (χ0) is 27.0. The molecule has 0 saturated carbocycles. The van der Waals surface area contributed by atoms with Crippen molar-refractivity contribution in [2.24, 2.45) is 0 Å². The maximum absolute atomic E-state index is 14.0. The molecule has 0 atom stereocenters. The third kappa shape index (κ3) is 5.33. The van der Waals surface area contributed by atoms with E-state index in [1.807, 2.05) is 36.4 Å². The first-order valence-electron chi connectivity index (χ1n) is 13.6. The van der Waals surface area contributed by atoms with Crippen molar-refractivity contribution in [2.45, 2.75) is 71.9 Å². The molecule has 0 unspecified atom stereocenters. The molecule has 3 aromatic rings. The molecule has 1 aromatic heterocycles. The molecule has 38 heavy (non-hydrogen) atoms. The Balaban J connectivity index is 1.44. The van der Waals surface area contributed by atoms with Gasteiger partial charge in [-0.05, 0) is 88.3 Å². The monoisotopic (exact) mass is 514 g/mol. The minimum atomic E-state index is -0.525. The molecule has 1 saturated heterocycles. The number of aromatic nitrogens is 2. The largest absolute Gasteiger partial charge is 0.444 e. The molecule has 7 heteroatoms. The van der Waals surface area contributed by atoms with Crippen molar-refractivity contribution >= 4 is 12.0 Å². The number of amides is 2. The van der Waals surface area contributed by atoms with Crippen LogP contribution in [0.25, 0.3) is 5.69 Å². The van der Waals surface area contributed by atoms with Crippen LogP contribution in [-0.2, 0) is 17.7 Å². The first-order valence-corrected chi connectivity index (χ1v) is 13.6. The van der Waals surface area contributed by atoms with Crippen molar-refractivity contribution in [2.75, 3.05) is 19.6 Å². The van der Waals surface area contributed by atoms with Crippen LogP contribution in [0, 0.1) is 13.8 Å². The van der Waals surface area contributed by atoms with Crippen molar-refractivity contribution in [1.29, 1.82) is 0 Å². The number of piperidine rings is 1. The molecule has 2 amide bonds. The summed E-state index contributed by atoms with van der Waals surface area (Å²) in [7, 11) is 0. The van der Waals surface area contributed by atoms with Gasteiger partial charge < -0.3 is 14.5 Å². The van der Waals surface area contributed by atoms with Gasteiger partial charge in [0.15, 0.2) is 0 Å². The Kier molecular flexibility index (Phi) is 7.03. The molecule has 200 valence electrons. The molecule has 3 heterocycles. The fraction of sp³-hybridized carbons (Fsp3) is 0.452. The average molecular weight is 515 g/mol. The number of rotatable bonds is 3. The summed E-state index contributed by atoms with van der Waals surface area (Å²) in [5.41, 5.74) is 6.97. The molecular weight excluding hydrogens is 476 g/mol. The van der Waals surface area contributed by atoms with Crippen LogP contribution in [0.3, 0.4) is 0 Å². The molecule has 7 nitrogen and oxygen atoms in total. The zero-order valence-electron chi connectivity index (χ0n) is 23.2. The number of fused-ring (bicyclic) bond motifs is 1. The molecule has 0 spiro atoms. The smallest absolute Gasteiger partial charge is 0.410 e. The molecular formula is C31H38N4O3. The van der Waals surface area contributed by atoms with Crippen LogP contribution in [-0.4, -0.2) is 56.8 Å². The Morgan fingerprint density at radius 1 is 0.921 bits per heavy atom. The van der Waals surface area contributed by atoms with Gasteiger partial charge in [0.25, 0.3) is 5.91 Å². The van der Waals surface area contributed by atoms with Gasteiger partial charge in [0, 0.05) is 32.1 Å². The lowest BCUT2D eigenvalue weighted by Crippen LogP contribution is -2.42. The maximum Gasteiger partial charge on any atom is 0.410 e. The predicted octanol–water partition coefficient (Wildman–Crippen LogP) is 5.80. The molecule has 5 rings (SSSR count). The molecule has 2 aliphatic rings. The highest BCUT2D eigenvalue weighted by Crippen LogP contribution is 2.34. The second-order valence-corrected chi connectivity index (χ2v) is 11.6. The van der Waals surface area contributed by atoms with Gasteiger partial charge in [-0.25, -0.2) is 9.48 Å². The van der Waals surface area contributed by atoms with Crippen molar-refractivity contribution in [3.05, 3.63) is 82.2 Å². The third-order valence-electron chi connectivity index (χ3n) is 7.72. The number of hydrogen-bond donors (Lipinski definition) is 0. The van der Waals surface area contributed by atoms with E-state index < -0.39 is 5.60 Å². The fourth-order valence-electron chi connectivity index (χ4n) is 5.48. The van der Waals surface area contributed by atoms with Crippen molar-refractivity contribution in [3.8, 4) is 5.69 Å². The Bertz CT molecular complexity index is 1350. The van der Waals surface area contributed by atoms with Crippen molar-refractivity contribution < 1.29 is 14.3 Å². The SMILES string of the molecule is Cc1ccc(-n2ncc(C(=O)N3CCc4ccccc4C3)c2C2CCN(C(=O)OC(C)(C)C)CC2)cc1C. The molecule has 0 bridgehead atoms. The van der Waals surface area contributed by atoms with E-state index in [1.165, 1.54) is 22.3 Å². The highest BCUT2D eigenvalue weighted by atomic mass is 16.6. The fourth-order valence-corrected chi connectivity index (χ4v) is 5.48. The molecule has 0 radical (unpaired) electrons. The quantitative estimate of drug-likeness (QED) is 0.443. The number of ether oxygens (including phenoxy) is 1. The lowest BCUT2D eigenvalue weighted by Gasteiger charge is -2.34. The summed E-state index contributed by atoms with van der Waals surface area (Å²) in [5, 5.41) is 4.76. The summed E-state index contributed by atoms with van der Waals surface area (Å²) in [6, 6.07) is 14.7. The summed E-state index contributed by atoms with van der Waals surface area (Å²) in [6.07, 6.45) is 3.82. The van der Waals surface area contributed by atoms with Crippen LogP contribution in [0.2, 0.25) is 0 Å². The minimum Gasteiger partial charge on any atom is -0.444 e. The first-order chi connectivity index (χ1) is 18.1. The molecule has 0 aliphatic carbocycles. The summed E-state index contributed by atoms with van der Waals surface area (Å²) in [4.78, 5) is 30.4. The summed E-state index contributed by atoms with van der Waals surface area (Å²) in [5.74, 6) is 0.132. The van der Waals surface area contributed by atoms with E-state index in [-0.39, 0.29) is 17.9 Å². The standard InChI is InChI=1S/C31H38N4O3/c1-21-10-11-26(18-22(21)2)35-28(24-13-15-33(16-14-24)30(37)38-31(3,4)5)27(19-32-35)29(36)34-17-12-23-8-6-7-9-25(23)20-34/h6-11,18-19,24H,12-17,20H2,1-5H3. The van der Waals surface area contributed by atoms with E-state index >= 15 is 0 Å². The van der Waals surface area contributed by atoms with Gasteiger partial charge in [-0.15, -0.1) is 0 Å². The number of hydrogen-bond acceptors (Lipinski definition) is 4. The van der Waals surface area contributed by atoms with Crippen LogP contribution in [0.4, 0.5) is 4.79 Å². The number of carbonyl (C=O) groups excluding carboxylic acids is 2. The summed E-state index contributed by atoms with van der Waals surface area (Å²) >= 11 is 0. The van der Waals surface area contributed by atoms with Crippen molar-refractivity contribution in [1.82, 2.24) is 19.6 Å². The maximum atomic E-state index is 14.0. The van der Waals surface area contributed by atoms with Crippen LogP contribution in [0.15, 0.2) is 48.7 Å². The number of aryl methyl sites for hydroxylation is 2. The second kappa shape index (κ2) is 10.3. The Hall–Kier alpha value is -3.61. The van der Waals surface area contributed by atoms with E-state index in [0.717, 1.165) is 30.6 Å². The van der Waals surface area contributed by atoms with E-state index in [2.05, 4.69) is 50.2 Å². The van der Waals surface area contributed by atoms with Gasteiger partial charge >= 0.3 is 6.09 Å². The number of likely N-dealkylation sites (tertiary alicyclic amines) is 1. The van der Waals surface area contributed by atoms with Gasteiger partial charge in [0.1, 0.15) is 5.60 Å². The first kappa shape index (κ1) is 26.0. The van der Waals surface area contributed by atoms with Crippen LogP contribution in [0.5, 0.6) is 0 Å². The molecule has 1 fully saturated rings. The van der Waals surface area contributed by atoms with Crippen molar-refractivity contribution in [3.63, 3.8) is 0 Å². The Labute approximate surface area is 225 Å². The van der Waals surface area contributed by atoms with E-state index in [9.17, 15) is 9.59 Å². The number of carbonyl (C=O) groups is 2. The van der Waals surface area contributed by atoms with Crippen LogP contribution >= 0.6 is 0 Å². The minimum absolute atomic E-state index is 0.0270. The van der Waals surface area contributed by atoms with Crippen LogP contribution < -0.4 is 0 Å². The highest BCUT2D eigenvalue weighted by molar-refractivity contribution is 5.95. The molecule has 2 aromatic carbocycles. The normalized spacial score (nSPS) is 16.3. The van der Waals surface area contributed by atoms with Gasteiger partial charge in [-0.2, -0.15) is 5.10 Å². The zero-order valence-corrected chi connectivity index (χ0v) is 23.2. The van der Waals surface area contributed by atoms with Gasteiger partial charge in [0.05, 0.1) is 23.1 Å². The molecule has 2 aliphatic heterocycles. The number of benzene rings is 2. The molecule has 0 N–H and O–H groups in total.